The Labute approximate surface area is 164 Å². The quantitative estimate of drug-likeness (QED) is 0.315. The van der Waals surface area contributed by atoms with E-state index < -0.39 is 39.8 Å². The molecule has 0 rings (SSSR count). The lowest BCUT2D eigenvalue weighted by atomic mass is 10.1. The molecular formula is C15H26F9N2O2S+. The van der Waals surface area contributed by atoms with Gasteiger partial charge in [0.25, 0.3) is 10.0 Å². The van der Waals surface area contributed by atoms with E-state index in [1.165, 1.54) is 0 Å². The van der Waals surface area contributed by atoms with Crippen LogP contribution in [0.4, 0.5) is 39.5 Å². The Morgan fingerprint density at radius 3 is 1.59 bits per heavy atom. The third kappa shape index (κ3) is 5.12. The zero-order valence-corrected chi connectivity index (χ0v) is 17.3. The summed E-state index contributed by atoms with van der Waals surface area (Å²) in [7, 11) is -6.09. The molecule has 0 aliphatic rings. The summed E-state index contributed by atoms with van der Waals surface area (Å²) in [4.78, 5) is 0. The van der Waals surface area contributed by atoms with Crippen LogP contribution in [0.25, 0.3) is 0 Å². The van der Waals surface area contributed by atoms with Crippen molar-refractivity contribution in [1.29, 1.82) is 0 Å². The van der Waals surface area contributed by atoms with Crippen LogP contribution in [0.15, 0.2) is 0 Å². The molecule has 14 heteroatoms. The number of sulfonamides is 1. The predicted molar refractivity (Wildman–Crippen MR) is 88.4 cm³/mol. The van der Waals surface area contributed by atoms with Gasteiger partial charge in [-0.15, -0.1) is 0 Å². The molecule has 0 saturated carbocycles. The van der Waals surface area contributed by atoms with E-state index in [0.29, 0.717) is 31.2 Å². The van der Waals surface area contributed by atoms with Gasteiger partial charge in [-0.2, -0.15) is 43.8 Å². The van der Waals surface area contributed by atoms with Gasteiger partial charge < -0.3 is 4.48 Å². The SMILES string of the molecule is CCC[N+](CC)(CC)CCCN(C)S(=O)(=O)C(F)(F)C(F)(F)C(F)(F)C(F)(F)F. The predicted octanol–water partition coefficient (Wildman–Crippen LogP) is 4.33. The molecule has 0 aromatic carbocycles. The van der Waals surface area contributed by atoms with Crippen LogP contribution in [0, 0.1) is 0 Å². The summed E-state index contributed by atoms with van der Waals surface area (Å²) in [6.07, 6.45) is -6.41. The highest BCUT2D eigenvalue weighted by molar-refractivity contribution is 7.90. The van der Waals surface area contributed by atoms with Crippen LogP contribution in [0.2, 0.25) is 0 Å². The first-order valence-electron chi connectivity index (χ1n) is 8.82. The van der Waals surface area contributed by atoms with Crippen LogP contribution in [0.5, 0.6) is 0 Å². The van der Waals surface area contributed by atoms with Crippen molar-refractivity contribution in [1.82, 2.24) is 4.31 Å². The van der Waals surface area contributed by atoms with Crippen LogP contribution in [-0.4, -0.2) is 80.3 Å². The summed E-state index contributed by atoms with van der Waals surface area (Å²) in [5, 5.41) is -6.68. The molecule has 4 nitrogen and oxygen atoms in total. The Hall–Kier alpha value is -0.760. The van der Waals surface area contributed by atoms with Gasteiger partial charge in [0.2, 0.25) is 0 Å². The lowest BCUT2D eigenvalue weighted by Crippen LogP contribution is -2.65. The molecule has 0 unspecified atom stereocenters. The van der Waals surface area contributed by atoms with Crippen molar-refractivity contribution in [3.63, 3.8) is 0 Å². The Kier molecular flexibility index (Phi) is 8.92. The first-order chi connectivity index (χ1) is 12.8. The Balaban J connectivity index is 5.61. The standard InChI is InChI=1S/C15H26F9N2O2S/c1-5-10-26(6-2,7-3)11-8-9-25(4)29(27,28)15(23,24)13(18,19)12(16,17)14(20,21)22/h5-11H2,1-4H3/q+1. The molecule has 0 spiro atoms. The molecular weight excluding hydrogens is 443 g/mol. The summed E-state index contributed by atoms with van der Waals surface area (Å²) in [6.45, 7) is 7.01. The summed E-state index contributed by atoms with van der Waals surface area (Å²) >= 11 is 0. The van der Waals surface area contributed by atoms with Crippen molar-refractivity contribution >= 4 is 10.0 Å². The van der Waals surface area contributed by atoms with Gasteiger partial charge in [0.1, 0.15) is 0 Å². The monoisotopic (exact) mass is 469 g/mol. The van der Waals surface area contributed by atoms with Gasteiger partial charge in [0.05, 0.1) is 26.2 Å². The number of quaternary nitrogens is 1. The molecule has 29 heavy (non-hydrogen) atoms. The van der Waals surface area contributed by atoms with Gasteiger partial charge in [-0.3, -0.25) is 0 Å². The molecule has 0 atom stereocenters. The molecule has 0 aliphatic carbocycles. The third-order valence-corrected chi connectivity index (χ3v) is 6.90. The lowest BCUT2D eigenvalue weighted by Gasteiger charge is -2.37. The maximum atomic E-state index is 13.8. The Morgan fingerprint density at radius 2 is 1.24 bits per heavy atom. The highest BCUT2D eigenvalue weighted by Crippen LogP contribution is 2.55. The van der Waals surface area contributed by atoms with Gasteiger partial charge in [-0.1, -0.05) is 6.92 Å². The Bertz CT molecular complexity index is 632. The lowest BCUT2D eigenvalue weighted by molar-refractivity contribution is -0.925. The molecule has 0 N–H and O–H groups in total. The molecule has 0 aliphatic heterocycles. The number of nitrogens with zero attached hydrogens (tertiary/aromatic N) is 2. The van der Waals surface area contributed by atoms with Crippen LogP contribution < -0.4 is 0 Å². The van der Waals surface area contributed by atoms with Gasteiger partial charge in [-0.25, -0.2) is 8.42 Å². The van der Waals surface area contributed by atoms with Crippen molar-refractivity contribution in [3.05, 3.63) is 0 Å². The van der Waals surface area contributed by atoms with Gasteiger partial charge in [0, 0.05) is 20.0 Å². The van der Waals surface area contributed by atoms with E-state index in [1.54, 1.807) is 0 Å². The van der Waals surface area contributed by atoms with Crippen molar-refractivity contribution in [3.8, 4) is 0 Å². The maximum Gasteiger partial charge on any atom is 0.460 e. The first kappa shape index (κ1) is 28.2. The summed E-state index contributed by atoms with van der Waals surface area (Å²) in [6, 6.07) is 0. The van der Waals surface area contributed by atoms with E-state index in [0.717, 1.165) is 6.42 Å². The van der Waals surface area contributed by atoms with E-state index in [-0.39, 0.29) is 17.3 Å². The summed E-state index contributed by atoms with van der Waals surface area (Å²) in [5.41, 5.74) is 0. The first-order valence-corrected chi connectivity index (χ1v) is 10.3. The minimum absolute atomic E-state index is 0.0886. The van der Waals surface area contributed by atoms with Crippen LogP contribution in [0.1, 0.15) is 33.6 Å². The fourth-order valence-electron chi connectivity index (χ4n) is 2.91. The van der Waals surface area contributed by atoms with Gasteiger partial charge >= 0.3 is 23.3 Å². The topological polar surface area (TPSA) is 37.4 Å². The molecule has 0 amide bonds. The van der Waals surface area contributed by atoms with Crippen LogP contribution in [0.3, 0.4) is 0 Å². The number of rotatable bonds is 12. The van der Waals surface area contributed by atoms with E-state index in [1.807, 2.05) is 20.8 Å². The van der Waals surface area contributed by atoms with Crippen molar-refractivity contribution in [2.24, 2.45) is 0 Å². The molecule has 0 heterocycles. The average molecular weight is 469 g/mol. The molecule has 0 aromatic rings. The van der Waals surface area contributed by atoms with Gasteiger partial charge in [-0.05, 0) is 20.3 Å². The van der Waals surface area contributed by atoms with E-state index in [9.17, 15) is 47.9 Å². The average Bonchev–Trinajstić information content (AvgIpc) is 2.59. The van der Waals surface area contributed by atoms with E-state index in [4.69, 9.17) is 0 Å². The van der Waals surface area contributed by atoms with Crippen LogP contribution in [-0.2, 0) is 10.0 Å². The zero-order chi connectivity index (χ0) is 23.5. The molecule has 0 bridgehead atoms. The highest BCUT2D eigenvalue weighted by Gasteiger charge is 2.85. The maximum absolute atomic E-state index is 13.8. The smallest absolute Gasteiger partial charge is 0.324 e. The number of alkyl halides is 9. The number of hydrogen-bond acceptors (Lipinski definition) is 2. The molecule has 176 valence electrons. The normalized spacial score (nSPS) is 15.2. The van der Waals surface area contributed by atoms with Gasteiger partial charge in [0.15, 0.2) is 0 Å². The second-order valence-corrected chi connectivity index (χ2v) is 8.85. The van der Waals surface area contributed by atoms with E-state index >= 15 is 0 Å². The summed E-state index contributed by atoms with van der Waals surface area (Å²) < 4.78 is 141. The minimum Gasteiger partial charge on any atom is -0.324 e. The molecule has 0 radical (unpaired) electrons. The third-order valence-electron chi connectivity index (χ3n) is 5.00. The second-order valence-electron chi connectivity index (χ2n) is 6.76. The van der Waals surface area contributed by atoms with Crippen molar-refractivity contribution in [2.75, 3.05) is 39.8 Å². The molecule has 0 fully saturated rings. The van der Waals surface area contributed by atoms with Crippen molar-refractivity contribution < 1.29 is 52.4 Å². The minimum atomic E-state index is -7.25. The second kappa shape index (κ2) is 9.16. The van der Waals surface area contributed by atoms with Crippen LogP contribution >= 0.6 is 0 Å². The molecule has 0 saturated heterocycles. The fraction of sp³-hybridized carbons (Fsp3) is 1.00. The zero-order valence-electron chi connectivity index (χ0n) is 16.5. The largest absolute Gasteiger partial charge is 0.460 e. The van der Waals surface area contributed by atoms with Crippen molar-refractivity contribution in [2.45, 2.75) is 56.9 Å². The number of halogens is 9. The number of hydrogen-bond donors (Lipinski definition) is 0. The fourth-order valence-corrected chi connectivity index (χ4v) is 4.12. The molecule has 0 aromatic heterocycles. The Morgan fingerprint density at radius 1 is 0.793 bits per heavy atom. The highest BCUT2D eigenvalue weighted by atomic mass is 32.2. The van der Waals surface area contributed by atoms with E-state index in [2.05, 4.69) is 0 Å². The summed E-state index contributed by atoms with van der Waals surface area (Å²) in [5.74, 6) is -14.5.